The zero-order valence-electron chi connectivity index (χ0n) is 30.1. The zero-order valence-corrected chi connectivity index (χ0v) is 30.9. The maximum Gasteiger partial charge on any atom is 0.167 e. The Morgan fingerprint density at radius 1 is 0.357 bits per heavy atom. The number of fused-ring (bicyclic) bond motifs is 6. The molecule has 56 heavy (non-hydrogen) atoms. The second-order valence-corrected chi connectivity index (χ2v) is 15.0. The van der Waals surface area contributed by atoms with Crippen LogP contribution < -0.4 is 0 Å². The largest absolute Gasteiger partial charge is 0.455 e. The molecule has 0 saturated carbocycles. The quantitative estimate of drug-likeness (QED) is 0.171. The molecule has 0 aliphatic carbocycles. The van der Waals surface area contributed by atoms with Gasteiger partial charge < -0.3 is 4.42 Å². The monoisotopic (exact) mass is 733 g/mol. The van der Waals surface area contributed by atoms with E-state index in [1.165, 1.54) is 37.7 Å². The van der Waals surface area contributed by atoms with E-state index in [-0.39, 0.29) is 0 Å². The predicted molar refractivity (Wildman–Crippen MR) is 233 cm³/mol. The molecular weight excluding hydrogens is 703 g/mol. The Labute approximate surface area is 327 Å². The van der Waals surface area contributed by atoms with Gasteiger partial charge in [-0.05, 0) is 63.7 Å². The molecule has 11 rings (SSSR count). The minimum atomic E-state index is 0.566. The molecule has 0 fully saturated rings. The van der Waals surface area contributed by atoms with Gasteiger partial charge in [0.1, 0.15) is 11.2 Å². The minimum Gasteiger partial charge on any atom is -0.455 e. The first-order valence-electron chi connectivity index (χ1n) is 18.7. The van der Waals surface area contributed by atoms with Crippen molar-refractivity contribution in [3.63, 3.8) is 0 Å². The van der Waals surface area contributed by atoms with Crippen molar-refractivity contribution in [2.75, 3.05) is 0 Å². The van der Waals surface area contributed by atoms with Gasteiger partial charge in [-0.3, -0.25) is 0 Å². The van der Waals surface area contributed by atoms with Gasteiger partial charge in [0.25, 0.3) is 0 Å². The van der Waals surface area contributed by atoms with Crippen LogP contribution in [-0.4, -0.2) is 15.0 Å². The van der Waals surface area contributed by atoms with Crippen molar-refractivity contribution in [2.45, 2.75) is 0 Å². The summed E-state index contributed by atoms with van der Waals surface area (Å²) < 4.78 is 9.05. The first-order valence-corrected chi connectivity index (χ1v) is 19.5. The highest BCUT2D eigenvalue weighted by molar-refractivity contribution is 7.26. The van der Waals surface area contributed by atoms with E-state index in [1.807, 2.05) is 42.5 Å². The van der Waals surface area contributed by atoms with E-state index in [4.69, 9.17) is 19.4 Å². The summed E-state index contributed by atoms with van der Waals surface area (Å²) in [4.78, 5) is 15.6. The van der Waals surface area contributed by atoms with E-state index in [9.17, 15) is 0 Å². The lowest BCUT2D eigenvalue weighted by Gasteiger charge is -2.10. The Bertz CT molecular complexity index is 3240. The maximum atomic E-state index is 6.69. The van der Waals surface area contributed by atoms with Crippen LogP contribution in [0.3, 0.4) is 0 Å². The summed E-state index contributed by atoms with van der Waals surface area (Å²) >= 11 is 1.78. The van der Waals surface area contributed by atoms with Crippen LogP contribution in [0.5, 0.6) is 0 Å². The summed E-state index contributed by atoms with van der Waals surface area (Å²) in [5.41, 5.74) is 11.4. The van der Waals surface area contributed by atoms with E-state index < -0.39 is 0 Å². The van der Waals surface area contributed by atoms with Gasteiger partial charge in [-0.2, -0.15) is 0 Å². The molecule has 0 aliphatic heterocycles. The normalized spacial score (nSPS) is 11.6. The van der Waals surface area contributed by atoms with Crippen molar-refractivity contribution in [1.82, 2.24) is 15.0 Å². The molecule has 0 bridgehead atoms. The third kappa shape index (κ3) is 5.40. The van der Waals surface area contributed by atoms with Crippen molar-refractivity contribution in [3.8, 4) is 67.5 Å². The molecule has 0 radical (unpaired) electrons. The number of benzene rings is 8. The van der Waals surface area contributed by atoms with E-state index in [0.717, 1.165) is 54.5 Å². The molecule has 0 spiro atoms. The Kier molecular flexibility index (Phi) is 7.64. The summed E-state index contributed by atoms with van der Waals surface area (Å²) in [5.74, 6) is 1.80. The van der Waals surface area contributed by atoms with Gasteiger partial charge in [0, 0.05) is 42.1 Å². The molecular formula is C51H31N3OS. The molecule has 0 aliphatic rings. The average Bonchev–Trinajstić information content (AvgIpc) is 3.86. The van der Waals surface area contributed by atoms with Gasteiger partial charge >= 0.3 is 0 Å². The van der Waals surface area contributed by atoms with Gasteiger partial charge in [-0.25, -0.2) is 15.0 Å². The van der Waals surface area contributed by atoms with Crippen LogP contribution in [0.2, 0.25) is 0 Å². The molecule has 0 N–H and O–H groups in total. The van der Waals surface area contributed by atoms with Crippen LogP contribution in [0.25, 0.3) is 110 Å². The lowest BCUT2D eigenvalue weighted by Crippen LogP contribution is -2.00. The standard InChI is InChI=1S/C51H31N3OS/c1-4-15-32(16-5-1)35-21-10-22-36(31-35)38-24-14-30-44-46(38)40-26-12-28-42(48(40)56-44)51-53-49(34-19-8-3-9-20-34)52-50(54-51)41-27-11-25-39-45-37(33-17-6-2-7-18-33)23-13-29-43(45)55-47(39)41/h1-31H. The highest BCUT2D eigenvalue weighted by Gasteiger charge is 2.21. The summed E-state index contributed by atoms with van der Waals surface area (Å²) in [6.45, 7) is 0. The number of furan rings is 1. The van der Waals surface area contributed by atoms with Crippen LogP contribution in [0.1, 0.15) is 0 Å². The Morgan fingerprint density at radius 3 is 1.66 bits per heavy atom. The van der Waals surface area contributed by atoms with Gasteiger partial charge in [0.2, 0.25) is 0 Å². The molecule has 0 saturated heterocycles. The molecule has 0 amide bonds. The van der Waals surface area contributed by atoms with E-state index in [0.29, 0.717) is 17.5 Å². The van der Waals surface area contributed by atoms with Crippen LogP contribution in [0.4, 0.5) is 0 Å². The van der Waals surface area contributed by atoms with Crippen molar-refractivity contribution in [2.24, 2.45) is 0 Å². The van der Waals surface area contributed by atoms with Crippen molar-refractivity contribution in [1.29, 1.82) is 0 Å². The van der Waals surface area contributed by atoms with E-state index >= 15 is 0 Å². The van der Waals surface area contributed by atoms with Crippen LogP contribution in [0, 0.1) is 0 Å². The van der Waals surface area contributed by atoms with E-state index in [2.05, 4.69) is 146 Å². The number of aromatic nitrogens is 3. The zero-order chi connectivity index (χ0) is 37.0. The summed E-state index contributed by atoms with van der Waals surface area (Å²) in [7, 11) is 0. The Balaban J connectivity index is 1.11. The van der Waals surface area contributed by atoms with Gasteiger partial charge in [-0.15, -0.1) is 11.3 Å². The summed E-state index contributed by atoms with van der Waals surface area (Å²) in [6.07, 6.45) is 0. The molecule has 8 aromatic carbocycles. The molecule has 11 aromatic rings. The van der Waals surface area contributed by atoms with Gasteiger partial charge in [-0.1, -0.05) is 158 Å². The first kappa shape index (κ1) is 32.2. The fourth-order valence-electron chi connectivity index (χ4n) is 7.98. The fourth-order valence-corrected chi connectivity index (χ4v) is 9.21. The molecule has 4 nitrogen and oxygen atoms in total. The van der Waals surface area contributed by atoms with E-state index in [1.54, 1.807) is 11.3 Å². The van der Waals surface area contributed by atoms with Crippen molar-refractivity contribution in [3.05, 3.63) is 188 Å². The van der Waals surface area contributed by atoms with Crippen molar-refractivity contribution >= 4 is 53.4 Å². The molecule has 262 valence electrons. The highest BCUT2D eigenvalue weighted by atomic mass is 32.1. The van der Waals surface area contributed by atoms with Crippen LogP contribution >= 0.6 is 11.3 Å². The molecule has 3 aromatic heterocycles. The number of thiophene rings is 1. The SMILES string of the molecule is c1ccc(-c2cccc(-c3cccc4sc5c(-c6nc(-c7ccccc7)nc(-c7cccc8c7oc7cccc(-c9ccccc9)c78)n6)cccc5c34)c2)cc1. The molecule has 5 heteroatoms. The highest BCUT2D eigenvalue weighted by Crippen LogP contribution is 2.45. The average molecular weight is 734 g/mol. The first-order chi connectivity index (χ1) is 27.8. The molecule has 0 unspecified atom stereocenters. The number of hydrogen-bond acceptors (Lipinski definition) is 5. The maximum absolute atomic E-state index is 6.69. The number of hydrogen-bond donors (Lipinski definition) is 0. The van der Waals surface area contributed by atoms with Crippen LogP contribution in [-0.2, 0) is 0 Å². The van der Waals surface area contributed by atoms with Crippen LogP contribution in [0.15, 0.2) is 192 Å². The lowest BCUT2D eigenvalue weighted by atomic mass is 9.95. The second-order valence-electron chi connectivity index (χ2n) is 13.9. The van der Waals surface area contributed by atoms with Crippen molar-refractivity contribution < 1.29 is 4.42 Å². The number of rotatable bonds is 6. The molecule has 3 heterocycles. The number of para-hydroxylation sites is 1. The predicted octanol–water partition coefficient (Wildman–Crippen LogP) is 14.1. The third-order valence-electron chi connectivity index (χ3n) is 10.6. The summed E-state index contributed by atoms with van der Waals surface area (Å²) in [6, 6.07) is 65.6. The minimum absolute atomic E-state index is 0.566. The lowest BCUT2D eigenvalue weighted by molar-refractivity contribution is 0.669. The topological polar surface area (TPSA) is 51.8 Å². The third-order valence-corrected chi connectivity index (χ3v) is 11.8. The molecule has 0 atom stereocenters. The Morgan fingerprint density at radius 2 is 0.893 bits per heavy atom. The second kappa shape index (κ2) is 13.3. The van der Waals surface area contributed by atoms with Gasteiger partial charge in [0.15, 0.2) is 17.5 Å². The smallest absolute Gasteiger partial charge is 0.167 e. The van der Waals surface area contributed by atoms with Gasteiger partial charge in [0.05, 0.1) is 5.56 Å². The number of nitrogens with zero attached hydrogens (tertiary/aromatic N) is 3. The fraction of sp³-hybridized carbons (Fsp3) is 0. The summed E-state index contributed by atoms with van der Waals surface area (Å²) in [5, 5.41) is 4.52. The Hall–Kier alpha value is -7.21.